The van der Waals surface area contributed by atoms with Crippen LogP contribution in [0.15, 0.2) is 0 Å². The van der Waals surface area contributed by atoms with Crippen LogP contribution in [-0.4, -0.2) is 26.0 Å². The largest absolute Gasteiger partial charge is 0.475 e. The van der Waals surface area contributed by atoms with E-state index in [2.05, 4.69) is 13.6 Å². The van der Waals surface area contributed by atoms with Crippen LogP contribution in [0.2, 0.25) is 0 Å². The zero-order valence-electron chi connectivity index (χ0n) is 8.34. The second-order valence-corrected chi connectivity index (χ2v) is 5.72. The summed E-state index contributed by atoms with van der Waals surface area (Å²) in [4.78, 5) is 0. The monoisotopic (exact) mass is 248 g/mol. The molecule has 0 aromatic heterocycles. The molecule has 15 heavy (non-hydrogen) atoms. The minimum absolute atomic E-state index is 0.0438. The molecule has 0 aromatic carbocycles. The third-order valence-corrected chi connectivity index (χ3v) is 2.95. The molecule has 1 saturated heterocycles. The molecule has 0 amide bonds. The van der Waals surface area contributed by atoms with Gasteiger partial charge < -0.3 is 0 Å². The molecule has 0 radical (unpaired) electrons. The van der Waals surface area contributed by atoms with Crippen molar-refractivity contribution >= 4 is 7.82 Å². The van der Waals surface area contributed by atoms with Crippen molar-refractivity contribution in [1.82, 2.24) is 0 Å². The first-order chi connectivity index (χ1) is 6.62. The summed E-state index contributed by atoms with van der Waals surface area (Å²) < 4.78 is 60.2. The molecule has 0 aromatic rings. The second kappa shape index (κ2) is 4.05. The topological polar surface area (TPSA) is 44.8 Å². The van der Waals surface area contributed by atoms with Crippen molar-refractivity contribution in [3.8, 4) is 0 Å². The highest BCUT2D eigenvalue weighted by molar-refractivity contribution is 7.48. The highest BCUT2D eigenvalue weighted by Crippen LogP contribution is 2.55. The van der Waals surface area contributed by atoms with Crippen molar-refractivity contribution in [2.45, 2.75) is 20.0 Å². The minimum atomic E-state index is -4.54. The zero-order chi connectivity index (χ0) is 11.7. The van der Waals surface area contributed by atoms with Gasteiger partial charge in [0.2, 0.25) is 0 Å². The molecular weight excluding hydrogens is 236 g/mol. The second-order valence-electron chi connectivity index (χ2n) is 4.05. The average Bonchev–Trinajstić information content (AvgIpc) is 2.07. The lowest BCUT2D eigenvalue weighted by atomic mass is 9.97. The van der Waals surface area contributed by atoms with Crippen molar-refractivity contribution in [1.29, 1.82) is 0 Å². The molecule has 0 aliphatic carbocycles. The molecular formula is C7H12F3O4P. The molecule has 0 spiro atoms. The van der Waals surface area contributed by atoms with Crippen LogP contribution >= 0.6 is 7.82 Å². The normalized spacial score (nSPS) is 25.1. The SMILES string of the molecule is CC1(C)COP(=O)(OCC(F)(F)F)OC1. The van der Waals surface area contributed by atoms with E-state index in [-0.39, 0.29) is 18.6 Å². The number of phosphoric ester groups is 1. The molecule has 0 N–H and O–H groups in total. The van der Waals surface area contributed by atoms with E-state index in [4.69, 9.17) is 0 Å². The van der Waals surface area contributed by atoms with Gasteiger partial charge in [-0.3, -0.25) is 13.6 Å². The van der Waals surface area contributed by atoms with Crippen LogP contribution < -0.4 is 0 Å². The maximum absolute atomic E-state index is 11.8. The lowest BCUT2D eigenvalue weighted by Gasteiger charge is -2.33. The highest BCUT2D eigenvalue weighted by atomic mass is 31.2. The van der Waals surface area contributed by atoms with Gasteiger partial charge >= 0.3 is 14.0 Å². The van der Waals surface area contributed by atoms with Crippen LogP contribution in [0.5, 0.6) is 0 Å². The van der Waals surface area contributed by atoms with E-state index in [0.29, 0.717) is 0 Å². The van der Waals surface area contributed by atoms with E-state index < -0.39 is 20.6 Å². The van der Waals surface area contributed by atoms with Crippen LogP contribution in [0.3, 0.4) is 0 Å². The van der Waals surface area contributed by atoms with Gasteiger partial charge in [0.25, 0.3) is 0 Å². The van der Waals surface area contributed by atoms with Crippen LogP contribution in [-0.2, 0) is 18.1 Å². The Morgan fingerprint density at radius 2 is 1.80 bits per heavy atom. The Balaban J connectivity index is 2.46. The van der Waals surface area contributed by atoms with Crippen molar-refractivity contribution < 1.29 is 31.3 Å². The van der Waals surface area contributed by atoms with Gasteiger partial charge in [-0.05, 0) is 0 Å². The summed E-state index contributed by atoms with van der Waals surface area (Å²) in [5.41, 5.74) is -0.366. The summed E-state index contributed by atoms with van der Waals surface area (Å²) in [5.74, 6) is 0. The van der Waals surface area contributed by atoms with Gasteiger partial charge in [-0.25, -0.2) is 4.57 Å². The Morgan fingerprint density at radius 1 is 1.33 bits per heavy atom. The Bertz CT molecular complexity index is 262. The standard InChI is InChI=1S/C7H12F3O4P/c1-6(2)3-12-15(11,13-4-6)14-5-7(8,9)10/h3-5H2,1-2H3. The maximum atomic E-state index is 11.8. The molecule has 1 fully saturated rings. The molecule has 0 atom stereocenters. The van der Waals surface area contributed by atoms with Crippen LogP contribution in [0.25, 0.3) is 0 Å². The summed E-state index contributed by atoms with van der Waals surface area (Å²) >= 11 is 0. The first-order valence-electron chi connectivity index (χ1n) is 4.22. The summed E-state index contributed by atoms with van der Waals surface area (Å²) in [7, 11) is -4.01. The maximum Gasteiger partial charge on any atom is 0.475 e. The lowest BCUT2D eigenvalue weighted by molar-refractivity contribution is -0.161. The molecule has 1 aliphatic heterocycles. The minimum Gasteiger partial charge on any atom is -0.286 e. The fraction of sp³-hybridized carbons (Fsp3) is 1.00. The fourth-order valence-electron chi connectivity index (χ4n) is 0.813. The summed E-state index contributed by atoms with van der Waals surface area (Å²) in [5, 5.41) is 0. The van der Waals surface area contributed by atoms with Crippen LogP contribution in [0.4, 0.5) is 13.2 Å². The van der Waals surface area contributed by atoms with E-state index in [1.54, 1.807) is 13.8 Å². The molecule has 1 aliphatic rings. The number of hydrogen-bond acceptors (Lipinski definition) is 4. The predicted octanol–water partition coefficient (Wildman–Crippen LogP) is 2.75. The Hall–Kier alpha value is -0.100. The Labute approximate surface area is 85.3 Å². The van der Waals surface area contributed by atoms with E-state index in [1.807, 2.05) is 0 Å². The molecule has 0 unspecified atom stereocenters. The van der Waals surface area contributed by atoms with E-state index in [1.165, 1.54) is 0 Å². The Kier molecular flexibility index (Phi) is 3.50. The van der Waals surface area contributed by atoms with E-state index in [0.717, 1.165) is 0 Å². The lowest BCUT2D eigenvalue weighted by Crippen LogP contribution is -2.30. The van der Waals surface area contributed by atoms with Crippen molar-refractivity contribution in [3.05, 3.63) is 0 Å². The van der Waals surface area contributed by atoms with Crippen molar-refractivity contribution in [2.24, 2.45) is 5.41 Å². The molecule has 90 valence electrons. The smallest absolute Gasteiger partial charge is 0.286 e. The van der Waals surface area contributed by atoms with Crippen molar-refractivity contribution in [2.75, 3.05) is 19.8 Å². The number of alkyl halides is 3. The third kappa shape index (κ3) is 4.51. The van der Waals surface area contributed by atoms with Gasteiger partial charge in [0, 0.05) is 5.41 Å². The van der Waals surface area contributed by atoms with Gasteiger partial charge in [-0.15, -0.1) is 0 Å². The number of phosphoric acid groups is 1. The first kappa shape index (κ1) is 13.0. The van der Waals surface area contributed by atoms with Crippen LogP contribution in [0, 0.1) is 5.41 Å². The number of hydrogen-bond donors (Lipinski definition) is 0. The highest BCUT2D eigenvalue weighted by Gasteiger charge is 2.41. The molecule has 8 heteroatoms. The Morgan fingerprint density at radius 3 is 2.20 bits per heavy atom. The van der Waals surface area contributed by atoms with Gasteiger partial charge in [0.05, 0.1) is 13.2 Å². The number of halogens is 3. The molecule has 1 rings (SSSR count). The van der Waals surface area contributed by atoms with Crippen LogP contribution in [0.1, 0.15) is 13.8 Å². The molecule has 0 bridgehead atoms. The molecule has 4 nitrogen and oxygen atoms in total. The average molecular weight is 248 g/mol. The van der Waals surface area contributed by atoms with Gasteiger partial charge in [0.15, 0.2) is 6.61 Å². The van der Waals surface area contributed by atoms with E-state index >= 15 is 0 Å². The molecule has 1 heterocycles. The quantitative estimate of drug-likeness (QED) is 0.705. The molecule has 0 saturated carbocycles. The summed E-state index contributed by atoms with van der Waals surface area (Å²) in [6.07, 6.45) is -4.54. The van der Waals surface area contributed by atoms with Crippen molar-refractivity contribution in [3.63, 3.8) is 0 Å². The summed E-state index contributed by atoms with van der Waals surface area (Å²) in [6, 6.07) is 0. The number of rotatable bonds is 2. The fourth-order valence-corrected chi connectivity index (χ4v) is 2.36. The zero-order valence-corrected chi connectivity index (χ0v) is 9.23. The van der Waals surface area contributed by atoms with E-state index in [9.17, 15) is 17.7 Å². The first-order valence-corrected chi connectivity index (χ1v) is 5.68. The van der Waals surface area contributed by atoms with Gasteiger partial charge in [-0.2, -0.15) is 13.2 Å². The van der Waals surface area contributed by atoms with Gasteiger partial charge in [0.1, 0.15) is 0 Å². The predicted molar refractivity (Wildman–Crippen MR) is 45.3 cm³/mol. The third-order valence-electron chi connectivity index (χ3n) is 1.61. The van der Waals surface area contributed by atoms with Gasteiger partial charge in [-0.1, -0.05) is 13.8 Å². The summed E-state index contributed by atoms with van der Waals surface area (Å²) in [6.45, 7) is 2.01.